The van der Waals surface area contributed by atoms with Gasteiger partial charge in [0.15, 0.2) is 0 Å². The van der Waals surface area contributed by atoms with E-state index in [0.717, 1.165) is 5.56 Å². The first kappa shape index (κ1) is 9.00. The smallest absolute Gasteiger partial charge is 0.314 e. The molecule has 1 saturated heterocycles. The molecule has 1 aliphatic rings. The summed E-state index contributed by atoms with van der Waals surface area (Å²) in [6, 6.07) is 9.72. The molecule has 0 bridgehead atoms. The minimum Gasteiger partial charge on any atom is -0.458 e. The Balaban J connectivity index is 2.21. The van der Waals surface area contributed by atoms with Crippen LogP contribution in [-0.2, 0) is 9.53 Å². The van der Waals surface area contributed by atoms with Gasteiger partial charge in [0.25, 0.3) is 0 Å². The van der Waals surface area contributed by atoms with Crippen molar-refractivity contribution in [3.05, 3.63) is 48.6 Å². The van der Waals surface area contributed by atoms with E-state index in [9.17, 15) is 4.79 Å². The highest BCUT2D eigenvalue weighted by molar-refractivity contribution is 5.80. The van der Waals surface area contributed by atoms with E-state index in [1.807, 2.05) is 30.3 Å². The Kier molecular flexibility index (Phi) is 2.35. The van der Waals surface area contributed by atoms with Gasteiger partial charge in [-0.25, -0.2) is 0 Å². The SMILES string of the molecule is C=C[C@@H]1C[C@H](c2ccccc2)C(=O)O1. The lowest BCUT2D eigenvalue weighted by Gasteiger charge is -2.03. The minimum absolute atomic E-state index is 0.112. The summed E-state index contributed by atoms with van der Waals surface area (Å²) in [6.07, 6.45) is 2.28. The zero-order chi connectivity index (χ0) is 9.97. The summed E-state index contributed by atoms with van der Waals surface area (Å²) in [7, 11) is 0. The molecule has 0 radical (unpaired) electrons. The molecule has 72 valence electrons. The van der Waals surface area contributed by atoms with Gasteiger partial charge in [0.1, 0.15) is 6.10 Å². The first-order chi connectivity index (χ1) is 6.81. The molecule has 2 heteroatoms. The maximum Gasteiger partial charge on any atom is 0.314 e. The van der Waals surface area contributed by atoms with Crippen molar-refractivity contribution in [3.8, 4) is 0 Å². The second-order valence-electron chi connectivity index (χ2n) is 3.41. The lowest BCUT2D eigenvalue weighted by Crippen LogP contribution is -2.05. The summed E-state index contributed by atoms with van der Waals surface area (Å²) in [5.74, 6) is -0.250. The first-order valence-electron chi connectivity index (χ1n) is 4.69. The number of rotatable bonds is 2. The molecule has 0 spiro atoms. The lowest BCUT2D eigenvalue weighted by molar-refractivity contribution is -0.141. The molecule has 0 amide bonds. The maximum absolute atomic E-state index is 11.5. The monoisotopic (exact) mass is 188 g/mol. The Morgan fingerprint density at radius 2 is 2.07 bits per heavy atom. The summed E-state index contributed by atoms with van der Waals surface area (Å²) < 4.78 is 5.12. The Hall–Kier alpha value is -1.57. The van der Waals surface area contributed by atoms with Gasteiger partial charge in [0.2, 0.25) is 0 Å². The van der Waals surface area contributed by atoms with E-state index in [1.165, 1.54) is 0 Å². The predicted molar refractivity (Wildman–Crippen MR) is 53.9 cm³/mol. The fourth-order valence-electron chi connectivity index (χ4n) is 1.71. The Labute approximate surface area is 83.2 Å². The molecular weight excluding hydrogens is 176 g/mol. The van der Waals surface area contributed by atoms with Gasteiger partial charge in [-0.1, -0.05) is 43.0 Å². The van der Waals surface area contributed by atoms with E-state index in [2.05, 4.69) is 6.58 Å². The molecule has 0 aliphatic carbocycles. The number of hydrogen-bond donors (Lipinski definition) is 0. The van der Waals surface area contributed by atoms with E-state index in [1.54, 1.807) is 6.08 Å². The Morgan fingerprint density at radius 3 is 2.64 bits per heavy atom. The number of ether oxygens (including phenoxy) is 1. The highest BCUT2D eigenvalue weighted by Gasteiger charge is 2.33. The van der Waals surface area contributed by atoms with E-state index in [4.69, 9.17) is 4.74 Å². The number of cyclic esters (lactones) is 1. The van der Waals surface area contributed by atoms with Gasteiger partial charge in [-0.05, 0) is 5.56 Å². The van der Waals surface area contributed by atoms with Crippen molar-refractivity contribution in [2.75, 3.05) is 0 Å². The molecule has 0 N–H and O–H groups in total. The van der Waals surface area contributed by atoms with E-state index in [0.29, 0.717) is 6.42 Å². The van der Waals surface area contributed by atoms with Crippen molar-refractivity contribution in [3.63, 3.8) is 0 Å². The molecule has 0 saturated carbocycles. The van der Waals surface area contributed by atoms with Gasteiger partial charge >= 0.3 is 5.97 Å². The second-order valence-corrected chi connectivity index (χ2v) is 3.41. The van der Waals surface area contributed by atoms with Crippen LogP contribution in [0.15, 0.2) is 43.0 Å². The molecular formula is C12H12O2. The van der Waals surface area contributed by atoms with Crippen LogP contribution >= 0.6 is 0 Å². The molecule has 0 aromatic heterocycles. The average Bonchev–Trinajstić information content (AvgIpc) is 2.61. The molecule has 0 unspecified atom stereocenters. The highest BCUT2D eigenvalue weighted by atomic mass is 16.5. The van der Waals surface area contributed by atoms with E-state index in [-0.39, 0.29) is 18.0 Å². The minimum atomic E-state index is -0.138. The summed E-state index contributed by atoms with van der Waals surface area (Å²) in [4.78, 5) is 11.5. The van der Waals surface area contributed by atoms with Crippen LogP contribution in [0.5, 0.6) is 0 Å². The van der Waals surface area contributed by atoms with E-state index < -0.39 is 0 Å². The number of carbonyl (C=O) groups is 1. The molecule has 1 fully saturated rings. The molecule has 2 nitrogen and oxygen atoms in total. The molecule has 1 aromatic carbocycles. The number of carbonyl (C=O) groups excluding carboxylic acids is 1. The van der Waals surface area contributed by atoms with Crippen LogP contribution in [0.3, 0.4) is 0 Å². The fourth-order valence-corrected chi connectivity index (χ4v) is 1.71. The molecule has 2 rings (SSSR count). The zero-order valence-corrected chi connectivity index (χ0v) is 7.85. The van der Waals surface area contributed by atoms with Crippen molar-refractivity contribution in [1.82, 2.24) is 0 Å². The molecule has 1 aliphatic heterocycles. The third-order valence-corrected chi connectivity index (χ3v) is 2.48. The second kappa shape index (κ2) is 3.66. The van der Waals surface area contributed by atoms with Gasteiger partial charge in [-0.3, -0.25) is 4.79 Å². The quantitative estimate of drug-likeness (QED) is 0.525. The van der Waals surface area contributed by atoms with Gasteiger partial charge < -0.3 is 4.74 Å². The summed E-state index contributed by atoms with van der Waals surface area (Å²) in [5, 5.41) is 0. The van der Waals surface area contributed by atoms with Crippen molar-refractivity contribution >= 4 is 5.97 Å². The van der Waals surface area contributed by atoms with Crippen LogP contribution < -0.4 is 0 Å². The molecule has 1 aromatic rings. The third kappa shape index (κ3) is 1.55. The van der Waals surface area contributed by atoms with Crippen LogP contribution in [-0.4, -0.2) is 12.1 Å². The van der Waals surface area contributed by atoms with Crippen LogP contribution in [0.25, 0.3) is 0 Å². The topological polar surface area (TPSA) is 26.3 Å². The van der Waals surface area contributed by atoms with Crippen molar-refractivity contribution in [2.45, 2.75) is 18.4 Å². The van der Waals surface area contributed by atoms with Crippen molar-refractivity contribution in [2.24, 2.45) is 0 Å². The van der Waals surface area contributed by atoms with Crippen LogP contribution in [0.4, 0.5) is 0 Å². The van der Waals surface area contributed by atoms with Crippen molar-refractivity contribution < 1.29 is 9.53 Å². The summed E-state index contributed by atoms with van der Waals surface area (Å²) >= 11 is 0. The lowest BCUT2D eigenvalue weighted by atomic mass is 9.96. The zero-order valence-electron chi connectivity index (χ0n) is 7.85. The standard InChI is InChI=1S/C12H12O2/c1-2-10-8-11(12(13)14-10)9-6-4-3-5-7-9/h2-7,10-11H,1,8H2/t10-,11-/m1/s1. The van der Waals surface area contributed by atoms with Crippen LogP contribution in [0, 0.1) is 0 Å². The summed E-state index contributed by atoms with van der Waals surface area (Å²) in [5.41, 5.74) is 1.03. The number of benzene rings is 1. The largest absolute Gasteiger partial charge is 0.458 e. The normalized spacial score (nSPS) is 25.9. The summed E-state index contributed by atoms with van der Waals surface area (Å²) in [6.45, 7) is 3.63. The maximum atomic E-state index is 11.5. The molecule has 1 heterocycles. The van der Waals surface area contributed by atoms with Crippen molar-refractivity contribution in [1.29, 1.82) is 0 Å². The van der Waals surface area contributed by atoms with Gasteiger partial charge in [-0.2, -0.15) is 0 Å². The molecule has 2 atom stereocenters. The van der Waals surface area contributed by atoms with Gasteiger partial charge in [0, 0.05) is 6.42 Å². The van der Waals surface area contributed by atoms with Crippen LogP contribution in [0.2, 0.25) is 0 Å². The Bertz CT molecular complexity index is 343. The van der Waals surface area contributed by atoms with Gasteiger partial charge in [0.05, 0.1) is 5.92 Å². The average molecular weight is 188 g/mol. The molecule has 14 heavy (non-hydrogen) atoms. The highest BCUT2D eigenvalue weighted by Crippen LogP contribution is 2.30. The van der Waals surface area contributed by atoms with Crippen LogP contribution in [0.1, 0.15) is 17.9 Å². The number of esters is 1. The predicted octanol–water partition coefficient (Wildman–Crippen LogP) is 2.27. The Morgan fingerprint density at radius 1 is 1.36 bits per heavy atom. The van der Waals surface area contributed by atoms with E-state index >= 15 is 0 Å². The first-order valence-corrected chi connectivity index (χ1v) is 4.69. The third-order valence-electron chi connectivity index (χ3n) is 2.48. The fraction of sp³-hybridized carbons (Fsp3) is 0.250. The van der Waals surface area contributed by atoms with Gasteiger partial charge in [-0.15, -0.1) is 0 Å². The number of hydrogen-bond acceptors (Lipinski definition) is 2.